The predicted molar refractivity (Wildman–Crippen MR) is 19.3 cm³/mol. The summed E-state index contributed by atoms with van der Waals surface area (Å²) in [5.74, 6) is 0. The van der Waals surface area contributed by atoms with Crippen LogP contribution in [-0.4, -0.2) is 24.2 Å². The standard InChI is InChI=1S/6H2O.7O.4V/h6*1H2;;;;;;;;;;;/q;;;;;;;;;;;;;2*+1;2*+2/p-6. The maximum atomic E-state index is 10.8. The molecule has 0 saturated carbocycles. The van der Waals surface area contributed by atoms with Crippen LogP contribution in [0.25, 0.3) is 0 Å². The molecule has 104 valence electrons. The van der Waals surface area contributed by atoms with Crippen LogP contribution < -0.4 is 0 Å². The van der Waals surface area contributed by atoms with Gasteiger partial charge in [-0.1, -0.05) is 0 Å². The van der Waals surface area contributed by atoms with Crippen molar-refractivity contribution in [3.63, 3.8) is 0 Å². The van der Waals surface area contributed by atoms with Crippen LogP contribution in [0.4, 0.5) is 0 Å². The molecule has 0 fully saturated rings. The SMILES string of the molecule is [O]=[V]([OH])([OH])[O][V](=[O])([OH])[O][V](=[O])([OH])[O][V](=[O])([OH])[OH]. The normalized spacial score (nSPS) is 20.6. The maximum absolute atomic E-state index is 10.8. The van der Waals surface area contributed by atoms with E-state index in [2.05, 4.69) is 7.76 Å². The molecule has 0 amide bonds. The fourth-order valence-corrected chi connectivity index (χ4v) is 8.88. The van der Waals surface area contributed by atoms with E-state index in [0.29, 0.717) is 0 Å². The van der Waals surface area contributed by atoms with Gasteiger partial charge < -0.3 is 0 Å². The van der Waals surface area contributed by atoms with E-state index in [0.717, 1.165) is 0 Å². The van der Waals surface area contributed by atoms with E-state index in [1.165, 1.54) is 0 Å². The van der Waals surface area contributed by atoms with Gasteiger partial charge in [-0.15, -0.1) is 0 Å². The average Bonchev–Trinajstić information content (AvgIpc) is 1.65. The minimum absolute atomic E-state index is 3.21. The van der Waals surface area contributed by atoms with Crippen LogP contribution in [-0.2, 0) is 82.6 Å². The molecule has 0 aromatic heterocycles. The van der Waals surface area contributed by atoms with Crippen LogP contribution in [0.3, 0.4) is 0 Å². The Balaban J connectivity index is 4.84. The second-order valence-electron chi connectivity index (χ2n) is 2.16. The molecule has 0 aliphatic rings. The van der Waals surface area contributed by atoms with Crippen molar-refractivity contribution in [1.29, 1.82) is 0 Å². The molecule has 6 N–H and O–H groups in total. The zero-order chi connectivity index (χ0) is 14.1. The van der Waals surface area contributed by atoms with E-state index in [9.17, 15) is 14.7 Å². The molecule has 13 nitrogen and oxygen atoms in total. The Hall–Kier alpha value is 1.18. The molecule has 0 aliphatic heterocycles. The molecule has 0 aliphatic carbocycles. The second-order valence-corrected chi connectivity index (χ2v) is 12.1. The van der Waals surface area contributed by atoms with Crippen molar-refractivity contribution >= 4 is 0 Å². The van der Waals surface area contributed by atoms with Gasteiger partial charge in [-0.05, 0) is 0 Å². The van der Waals surface area contributed by atoms with Crippen molar-refractivity contribution in [3.8, 4) is 0 Å². The molecule has 0 aromatic rings. The first-order valence-corrected chi connectivity index (χ1v) is 12.5. The summed E-state index contributed by atoms with van der Waals surface area (Å²) in [5.41, 5.74) is 0. The van der Waals surface area contributed by atoms with E-state index >= 15 is 0 Å². The molecule has 0 radical (unpaired) electrons. The van der Waals surface area contributed by atoms with Gasteiger partial charge in [0.15, 0.2) is 0 Å². The van der Waals surface area contributed by atoms with E-state index in [-0.39, 0.29) is 0 Å². The summed E-state index contributed by atoms with van der Waals surface area (Å²) in [4.78, 5) is 0. The number of hydrogen-bond acceptors (Lipinski definition) is 7. The summed E-state index contributed by atoms with van der Waals surface area (Å²) in [6.45, 7) is 0. The van der Waals surface area contributed by atoms with Gasteiger partial charge in [-0.25, -0.2) is 0 Å². The molecule has 17 heteroatoms. The van der Waals surface area contributed by atoms with Crippen LogP contribution in [0.5, 0.6) is 0 Å². The zero-order valence-corrected chi connectivity index (χ0v) is 12.9. The summed E-state index contributed by atoms with van der Waals surface area (Å²) in [6, 6.07) is 0. The summed E-state index contributed by atoms with van der Waals surface area (Å²) in [5, 5.41) is 0. The Bertz CT molecular complexity index is 402. The molecule has 0 bridgehead atoms. The fourth-order valence-electron chi connectivity index (χ4n) is 0.429. The monoisotopic (exact) mass is 418 g/mol. The summed E-state index contributed by atoms with van der Waals surface area (Å²) < 4.78 is 102. The summed E-state index contributed by atoms with van der Waals surface area (Å²) in [6.07, 6.45) is 0. The van der Waals surface area contributed by atoms with Crippen LogP contribution >= 0.6 is 0 Å². The molecule has 17 heavy (non-hydrogen) atoms. The first kappa shape index (κ1) is 18.2. The van der Waals surface area contributed by atoms with Gasteiger partial charge in [0, 0.05) is 0 Å². The van der Waals surface area contributed by atoms with Crippen LogP contribution in [0.15, 0.2) is 0 Å². The van der Waals surface area contributed by atoms with Gasteiger partial charge in [0.2, 0.25) is 0 Å². The minimum atomic E-state index is -6.36. The first-order valence-electron chi connectivity index (χ1n) is 3.03. The van der Waals surface area contributed by atoms with Crippen LogP contribution in [0.2, 0.25) is 0 Å². The van der Waals surface area contributed by atoms with Crippen LogP contribution in [0.1, 0.15) is 0 Å². The van der Waals surface area contributed by atoms with Gasteiger partial charge in [-0.3, -0.25) is 0 Å². The molecule has 0 heterocycles. The van der Waals surface area contributed by atoms with E-state index in [4.69, 9.17) is 24.2 Å². The summed E-state index contributed by atoms with van der Waals surface area (Å²) >= 11 is -24.9. The predicted octanol–water partition coefficient (Wildman–Crippen LogP) is -4.03. The topological polar surface area (TPSA) is 217 Å². The molecule has 0 saturated heterocycles. The third-order valence-corrected chi connectivity index (χ3v) is 10.6. The Kier molecular flexibility index (Phi) is 6.05. The van der Waals surface area contributed by atoms with Gasteiger partial charge in [0.25, 0.3) is 0 Å². The van der Waals surface area contributed by atoms with Crippen molar-refractivity contribution < 1.29 is 107 Å². The molecule has 0 aromatic carbocycles. The second kappa shape index (κ2) is 5.66. The Labute approximate surface area is 106 Å². The third kappa shape index (κ3) is 10.8. The quantitative estimate of drug-likeness (QED) is 0.243. The molecule has 0 unspecified atom stereocenters. The van der Waals surface area contributed by atoms with E-state index < -0.39 is 60.1 Å². The molecular formula is H6O13V4. The molecular weight excluding hydrogens is 412 g/mol. The van der Waals surface area contributed by atoms with E-state index in [1.807, 2.05) is 0 Å². The van der Waals surface area contributed by atoms with Gasteiger partial charge >= 0.3 is 107 Å². The van der Waals surface area contributed by atoms with Crippen molar-refractivity contribution in [3.05, 3.63) is 0 Å². The van der Waals surface area contributed by atoms with Gasteiger partial charge in [-0.2, -0.15) is 0 Å². The Morgan fingerprint density at radius 1 is 0.529 bits per heavy atom. The molecule has 0 rings (SSSR count). The number of hydrogen-bond donors (Lipinski definition) is 6. The van der Waals surface area contributed by atoms with Crippen molar-refractivity contribution in [2.45, 2.75) is 0 Å². The van der Waals surface area contributed by atoms with E-state index in [1.54, 1.807) is 0 Å². The Morgan fingerprint density at radius 2 is 0.765 bits per heavy atom. The fraction of sp³-hybridized carbons (Fsp3) is 0. The summed E-state index contributed by atoms with van der Waals surface area (Å²) in [7, 11) is 0. The first-order chi connectivity index (χ1) is 7.12. The average molecular weight is 418 g/mol. The van der Waals surface area contributed by atoms with Gasteiger partial charge in [0.1, 0.15) is 0 Å². The van der Waals surface area contributed by atoms with Gasteiger partial charge in [0.05, 0.1) is 0 Å². The molecule has 0 atom stereocenters. The van der Waals surface area contributed by atoms with Crippen molar-refractivity contribution in [2.24, 2.45) is 0 Å². The zero-order valence-electron chi connectivity index (χ0n) is 7.33. The Morgan fingerprint density at radius 3 is 0.941 bits per heavy atom. The van der Waals surface area contributed by atoms with Crippen molar-refractivity contribution in [1.82, 2.24) is 0 Å². The molecule has 0 spiro atoms. The van der Waals surface area contributed by atoms with Crippen LogP contribution in [0, 0.1) is 0 Å². The number of rotatable bonds is 6. The van der Waals surface area contributed by atoms with Crippen molar-refractivity contribution in [2.75, 3.05) is 0 Å². The third-order valence-electron chi connectivity index (χ3n) is 0.625.